The van der Waals surface area contributed by atoms with Crippen LogP contribution in [0.5, 0.6) is 0 Å². The molecule has 0 aliphatic rings. The molecule has 3 rings (SSSR count). The quantitative estimate of drug-likeness (QED) is 0.514. The highest BCUT2D eigenvalue weighted by Gasteiger charge is 2.11. The lowest BCUT2D eigenvalue weighted by molar-refractivity contribution is 0.792. The van der Waals surface area contributed by atoms with Crippen molar-refractivity contribution in [3.05, 3.63) is 47.6 Å². The van der Waals surface area contributed by atoms with Gasteiger partial charge in [0.15, 0.2) is 11.0 Å². The molecule has 3 heterocycles. The van der Waals surface area contributed by atoms with Crippen molar-refractivity contribution in [1.82, 2.24) is 19.7 Å². The van der Waals surface area contributed by atoms with Gasteiger partial charge in [0, 0.05) is 25.2 Å². The van der Waals surface area contributed by atoms with Crippen molar-refractivity contribution in [3.8, 4) is 10.7 Å². The lowest BCUT2D eigenvalue weighted by Gasteiger charge is -2.03. The van der Waals surface area contributed by atoms with Crippen LogP contribution in [0.4, 0.5) is 0 Å². The highest BCUT2D eigenvalue weighted by atomic mass is 32.2. The van der Waals surface area contributed by atoms with Crippen LogP contribution in [0, 0.1) is 0 Å². The fourth-order valence-electron chi connectivity index (χ4n) is 2.05. The van der Waals surface area contributed by atoms with Crippen LogP contribution in [0.3, 0.4) is 0 Å². The van der Waals surface area contributed by atoms with Gasteiger partial charge in [-0.1, -0.05) is 23.9 Å². The van der Waals surface area contributed by atoms with E-state index < -0.39 is 0 Å². The maximum absolute atomic E-state index is 4.29. The van der Waals surface area contributed by atoms with Crippen molar-refractivity contribution in [2.24, 2.45) is 7.05 Å². The Bertz CT molecular complexity index is 677. The van der Waals surface area contributed by atoms with Gasteiger partial charge >= 0.3 is 0 Å². The van der Waals surface area contributed by atoms with Crippen molar-refractivity contribution < 1.29 is 0 Å². The molecule has 0 spiro atoms. The first-order valence-electron chi connectivity index (χ1n) is 6.79. The average molecular weight is 316 g/mol. The average Bonchev–Trinajstić information content (AvgIpc) is 3.15. The molecule has 108 valence electrons. The lowest BCUT2D eigenvalue weighted by atomic mass is 10.2. The van der Waals surface area contributed by atoms with Gasteiger partial charge in [0.1, 0.15) is 0 Å². The number of aryl methyl sites for hydroxylation is 1. The van der Waals surface area contributed by atoms with Crippen molar-refractivity contribution in [3.63, 3.8) is 0 Å². The Hall–Kier alpha value is -1.66. The highest BCUT2D eigenvalue weighted by Crippen LogP contribution is 2.26. The van der Waals surface area contributed by atoms with E-state index in [4.69, 9.17) is 0 Å². The van der Waals surface area contributed by atoms with E-state index in [0.717, 1.165) is 34.5 Å². The van der Waals surface area contributed by atoms with E-state index in [1.165, 1.54) is 5.56 Å². The molecular formula is C15H16N4S2. The summed E-state index contributed by atoms with van der Waals surface area (Å²) in [5, 5.41) is 11.6. The number of nitrogens with zero attached hydrogens (tertiary/aromatic N) is 4. The maximum Gasteiger partial charge on any atom is 0.191 e. The first kappa shape index (κ1) is 14.3. The SMILES string of the molecule is Cn1c(SCCCc2cccnc2)nnc1-c1cccs1. The second kappa shape index (κ2) is 6.87. The second-order valence-electron chi connectivity index (χ2n) is 4.66. The summed E-state index contributed by atoms with van der Waals surface area (Å²) in [6.07, 6.45) is 5.90. The van der Waals surface area contributed by atoms with Crippen LogP contribution in [-0.4, -0.2) is 25.5 Å². The molecular weight excluding hydrogens is 300 g/mol. The fourth-order valence-corrected chi connectivity index (χ4v) is 3.64. The molecule has 0 amide bonds. The zero-order valence-corrected chi connectivity index (χ0v) is 13.4. The van der Waals surface area contributed by atoms with Crippen LogP contribution in [0.25, 0.3) is 10.7 Å². The van der Waals surface area contributed by atoms with Crippen LogP contribution >= 0.6 is 23.1 Å². The molecule has 0 radical (unpaired) electrons. The zero-order valence-electron chi connectivity index (χ0n) is 11.8. The predicted octanol–water partition coefficient (Wildman–Crippen LogP) is 3.66. The molecule has 21 heavy (non-hydrogen) atoms. The monoisotopic (exact) mass is 316 g/mol. The van der Waals surface area contributed by atoms with Crippen molar-refractivity contribution in [2.45, 2.75) is 18.0 Å². The molecule has 0 fully saturated rings. The van der Waals surface area contributed by atoms with Crippen molar-refractivity contribution >= 4 is 23.1 Å². The molecule has 0 saturated carbocycles. The Morgan fingerprint density at radius 1 is 1.24 bits per heavy atom. The topological polar surface area (TPSA) is 43.6 Å². The molecule has 0 atom stereocenters. The molecule has 0 aliphatic heterocycles. The van der Waals surface area contributed by atoms with Gasteiger partial charge in [0.25, 0.3) is 0 Å². The molecule has 6 heteroatoms. The summed E-state index contributed by atoms with van der Waals surface area (Å²) in [5.41, 5.74) is 1.29. The standard InChI is InChI=1S/C15H16N4S2/c1-19-14(13-7-4-9-20-13)17-18-15(19)21-10-3-6-12-5-2-8-16-11-12/h2,4-5,7-9,11H,3,6,10H2,1H3. The van der Waals surface area contributed by atoms with E-state index in [-0.39, 0.29) is 0 Å². The number of rotatable bonds is 6. The third-order valence-corrected chi connectivity index (χ3v) is 5.11. The Balaban J connectivity index is 1.54. The number of thiophene rings is 1. The van der Waals surface area contributed by atoms with Gasteiger partial charge in [-0.25, -0.2) is 0 Å². The molecule has 0 unspecified atom stereocenters. The van der Waals surface area contributed by atoms with Gasteiger partial charge in [-0.3, -0.25) is 4.98 Å². The van der Waals surface area contributed by atoms with Gasteiger partial charge in [-0.2, -0.15) is 0 Å². The number of hydrogen-bond donors (Lipinski definition) is 0. The molecule has 0 N–H and O–H groups in total. The van der Waals surface area contributed by atoms with Crippen LogP contribution in [-0.2, 0) is 13.5 Å². The van der Waals surface area contributed by atoms with Crippen LogP contribution in [0.2, 0.25) is 0 Å². The Morgan fingerprint density at radius 3 is 2.95 bits per heavy atom. The normalized spacial score (nSPS) is 10.9. The van der Waals surface area contributed by atoms with Crippen molar-refractivity contribution in [2.75, 3.05) is 5.75 Å². The Labute approximate surface area is 132 Å². The third kappa shape index (κ3) is 3.51. The smallest absolute Gasteiger partial charge is 0.191 e. The van der Waals surface area contributed by atoms with E-state index in [1.54, 1.807) is 23.1 Å². The summed E-state index contributed by atoms with van der Waals surface area (Å²) in [6.45, 7) is 0. The number of aromatic nitrogens is 4. The van der Waals surface area contributed by atoms with Gasteiger partial charge in [-0.05, 0) is 35.9 Å². The first-order valence-corrected chi connectivity index (χ1v) is 8.66. The lowest BCUT2D eigenvalue weighted by Crippen LogP contribution is -1.95. The first-order chi connectivity index (χ1) is 10.3. The summed E-state index contributed by atoms with van der Waals surface area (Å²) in [5.74, 6) is 1.98. The minimum Gasteiger partial charge on any atom is -0.305 e. The maximum atomic E-state index is 4.29. The van der Waals surface area contributed by atoms with Crippen LogP contribution in [0.15, 0.2) is 47.2 Å². The van der Waals surface area contributed by atoms with Crippen molar-refractivity contribution in [1.29, 1.82) is 0 Å². The summed E-state index contributed by atoms with van der Waals surface area (Å²) >= 11 is 3.45. The van der Waals surface area contributed by atoms with Gasteiger partial charge in [0.05, 0.1) is 4.88 Å². The molecule has 0 saturated heterocycles. The summed E-state index contributed by atoms with van der Waals surface area (Å²) in [7, 11) is 2.03. The van der Waals surface area contributed by atoms with Crippen LogP contribution < -0.4 is 0 Å². The zero-order chi connectivity index (χ0) is 14.5. The van der Waals surface area contributed by atoms with Gasteiger partial charge in [0.2, 0.25) is 0 Å². The minimum absolute atomic E-state index is 0.944. The summed E-state index contributed by atoms with van der Waals surface area (Å²) in [4.78, 5) is 5.29. The van der Waals surface area contributed by atoms with Crippen LogP contribution in [0.1, 0.15) is 12.0 Å². The summed E-state index contributed by atoms with van der Waals surface area (Å²) in [6, 6.07) is 8.22. The Morgan fingerprint density at radius 2 is 2.19 bits per heavy atom. The molecule has 0 bridgehead atoms. The van der Waals surface area contributed by atoms with E-state index in [9.17, 15) is 0 Å². The van der Waals surface area contributed by atoms with E-state index >= 15 is 0 Å². The molecule has 3 aromatic rings. The minimum atomic E-state index is 0.944. The molecule has 4 nitrogen and oxygen atoms in total. The largest absolute Gasteiger partial charge is 0.305 e. The highest BCUT2D eigenvalue weighted by molar-refractivity contribution is 7.99. The fraction of sp³-hybridized carbons (Fsp3) is 0.267. The number of pyridine rings is 1. The van der Waals surface area contributed by atoms with E-state index in [0.29, 0.717) is 0 Å². The van der Waals surface area contributed by atoms with E-state index in [1.807, 2.05) is 31.6 Å². The third-order valence-electron chi connectivity index (χ3n) is 3.14. The number of hydrogen-bond acceptors (Lipinski definition) is 5. The molecule has 3 aromatic heterocycles. The van der Waals surface area contributed by atoms with Gasteiger partial charge < -0.3 is 4.57 Å². The summed E-state index contributed by atoms with van der Waals surface area (Å²) < 4.78 is 2.07. The Kier molecular flexibility index (Phi) is 4.67. The van der Waals surface area contributed by atoms with Gasteiger partial charge in [-0.15, -0.1) is 21.5 Å². The molecule has 0 aliphatic carbocycles. The second-order valence-corrected chi connectivity index (χ2v) is 6.67. The predicted molar refractivity (Wildman–Crippen MR) is 87.6 cm³/mol. The van der Waals surface area contributed by atoms with E-state index in [2.05, 4.69) is 37.3 Å². The number of thioether (sulfide) groups is 1. The molecule has 0 aromatic carbocycles.